The van der Waals surface area contributed by atoms with E-state index in [1.54, 1.807) is 7.11 Å². The Kier molecular flexibility index (Phi) is 6.14. The van der Waals surface area contributed by atoms with Gasteiger partial charge in [0.1, 0.15) is 5.75 Å². The zero-order valence-electron chi connectivity index (χ0n) is 11.5. The van der Waals surface area contributed by atoms with E-state index in [1.165, 1.54) is 18.4 Å². The zero-order valence-corrected chi connectivity index (χ0v) is 13.0. The van der Waals surface area contributed by atoms with Crippen molar-refractivity contribution in [1.82, 2.24) is 5.32 Å². The number of methoxy groups -OCH3 is 1. The van der Waals surface area contributed by atoms with Gasteiger partial charge < -0.3 is 14.8 Å². The molecule has 0 amide bonds. The van der Waals surface area contributed by atoms with Crippen LogP contribution in [0, 0.1) is 5.92 Å². The average molecular weight is 328 g/mol. The molecular formula is C15H22BrNO2. The van der Waals surface area contributed by atoms with Gasteiger partial charge in [0.2, 0.25) is 0 Å². The van der Waals surface area contributed by atoms with E-state index >= 15 is 0 Å². The van der Waals surface area contributed by atoms with Gasteiger partial charge in [-0.3, -0.25) is 0 Å². The van der Waals surface area contributed by atoms with Gasteiger partial charge in [-0.15, -0.1) is 0 Å². The number of hydrogen-bond donors (Lipinski definition) is 1. The highest BCUT2D eigenvalue weighted by Gasteiger charge is 2.20. The maximum Gasteiger partial charge on any atom is 0.123 e. The fourth-order valence-corrected chi connectivity index (χ4v) is 2.35. The molecule has 3 nitrogen and oxygen atoms in total. The fraction of sp³-hybridized carbons (Fsp3) is 0.600. The summed E-state index contributed by atoms with van der Waals surface area (Å²) in [5.41, 5.74) is 1.18. The molecule has 0 aromatic heterocycles. The molecule has 2 rings (SSSR count). The van der Waals surface area contributed by atoms with E-state index in [9.17, 15) is 0 Å². The molecule has 0 atom stereocenters. The topological polar surface area (TPSA) is 30.5 Å². The Balaban J connectivity index is 1.60. The van der Waals surface area contributed by atoms with E-state index in [0.29, 0.717) is 0 Å². The summed E-state index contributed by atoms with van der Waals surface area (Å²) in [7, 11) is 1.71. The van der Waals surface area contributed by atoms with Gasteiger partial charge in [-0.2, -0.15) is 0 Å². The summed E-state index contributed by atoms with van der Waals surface area (Å²) in [6, 6.07) is 6.07. The number of halogens is 1. The van der Waals surface area contributed by atoms with Gasteiger partial charge in [-0.25, -0.2) is 0 Å². The minimum Gasteiger partial charge on any atom is -0.496 e. The van der Waals surface area contributed by atoms with Crippen LogP contribution in [0.4, 0.5) is 0 Å². The van der Waals surface area contributed by atoms with E-state index in [0.717, 1.165) is 48.9 Å². The standard InChI is InChI=1S/C15H22BrNO2/c1-18-15-6-5-14(16)9-13(15)10-17-7-2-8-19-11-12-3-4-12/h5-6,9,12,17H,2-4,7-8,10-11H2,1H3. The molecule has 19 heavy (non-hydrogen) atoms. The minimum atomic E-state index is 0.825. The molecule has 0 unspecified atom stereocenters. The van der Waals surface area contributed by atoms with Gasteiger partial charge in [-0.05, 0) is 49.9 Å². The summed E-state index contributed by atoms with van der Waals surface area (Å²) in [6.45, 7) is 3.62. The lowest BCUT2D eigenvalue weighted by atomic mass is 10.2. The molecule has 1 aromatic carbocycles. The Labute approximate surface area is 123 Å². The highest BCUT2D eigenvalue weighted by Crippen LogP contribution is 2.28. The van der Waals surface area contributed by atoms with E-state index in [1.807, 2.05) is 12.1 Å². The first-order valence-corrected chi connectivity index (χ1v) is 7.70. The molecule has 0 aliphatic heterocycles. The SMILES string of the molecule is COc1ccc(Br)cc1CNCCCOCC1CC1. The maximum absolute atomic E-state index is 5.60. The van der Waals surface area contributed by atoms with Crippen LogP contribution in [0.15, 0.2) is 22.7 Å². The molecule has 0 heterocycles. The van der Waals surface area contributed by atoms with E-state index in [2.05, 4.69) is 27.3 Å². The lowest BCUT2D eigenvalue weighted by molar-refractivity contribution is 0.122. The van der Waals surface area contributed by atoms with Gasteiger partial charge in [0, 0.05) is 29.8 Å². The lowest BCUT2D eigenvalue weighted by Crippen LogP contribution is -2.17. The van der Waals surface area contributed by atoms with Crippen LogP contribution in [0.5, 0.6) is 5.75 Å². The minimum absolute atomic E-state index is 0.825. The Morgan fingerprint density at radius 1 is 1.37 bits per heavy atom. The molecule has 4 heteroatoms. The summed E-state index contributed by atoms with van der Waals surface area (Å²) in [6.07, 6.45) is 3.78. The normalized spacial score (nSPS) is 14.6. The molecule has 1 N–H and O–H groups in total. The summed E-state index contributed by atoms with van der Waals surface area (Å²) in [5, 5.41) is 3.43. The van der Waals surface area contributed by atoms with Crippen molar-refractivity contribution in [3.05, 3.63) is 28.2 Å². The largest absolute Gasteiger partial charge is 0.496 e. The zero-order chi connectivity index (χ0) is 13.5. The molecule has 0 spiro atoms. The Hall–Kier alpha value is -0.580. The van der Waals surface area contributed by atoms with Crippen LogP contribution in [0.3, 0.4) is 0 Å². The number of hydrogen-bond acceptors (Lipinski definition) is 3. The first-order valence-electron chi connectivity index (χ1n) is 6.90. The number of benzene rings is 1. The average Bonchev–Trinajstić information content (AvgIpc) is 3.22. The second-order valence-electron chi connectivity index (χ2n) is 5.00. The third-order valence-corrected chi connectivity index (χ3v) is 3.74. The Morgan fingerprint density at radius 3 is 2.95 bits per heavy atom. The predicted octanol–water partition coefficient (Wildman–Crippen LogP) is 3.36. The monoisotopic (exact) mass is 327 g/mol. The first kappa shape index (κ1) is 14.8. The molecule has 1 aliphatic carbocycles. The van der Waals surface area contributed by atoms with Gasteiger partial charge >= 0.3 is 0 Å². The molecule has 1 fully saturated rings. The van der Waals surface area contributed by atoms with Crippen molar-refractivity contribution in [2.24, 2.45) is 5.92 Å². The maximum atomic E-state index is 5.60. The third-order valence-electron chi connectivity index (χ3n) is 3.25. The van der Waals surface area contributed by atoms with Crippen LogP contribution < -0.4 is 10.1 Å². The molecule has 1 aliphatic rings. The third kappa shape index (κ3) is 5.51. The number of ether oxygens (including phenoxy) is 2. The quantitative estimate of drug-likeness (QED) is 0.705. The van der Waals surface area contributed by atoms with Crippen molar-refractivity contribution in [3.63, 3.8) is 0 Å². The van der Waals surface area contributed by atoms with Crippen molar-refractivity contribution in [2.45, 2.75) is 25.8 Å². The Morgan fingerprint density at radius 2 is 2.21 bits per heavy atom. The first-order chi connectivity index (χ1) is 9.29. The van der Waals surface area contributed by atoms with Crippen molar-refractivity contribution in [2.75, 3.05) is 26.9 Å². The summed E-state index contributed by atoms with van der Waals surface area (Å²) in [4.78, 5) is 0. The fourth-order valence-electron chi connectivity index (χ4n) is 1.94. The van der Waals surface area contributed by atoms with Gasteiger partial charge in [0.05, 0.1) is 7.11 Å². The summed E-state index contributed by atoms with van der Waals surface area (Å²) >= 11 is 3.48. The highest BCUT2D eigenvalue weighted by molar-refractivity contribution is 9.10. The molecule has 1 aromatic rings. The second-order valence-corrected chi connectivity index (χ2v) is 5.92. The van der Waals surface area contributed by atoms with Gasteiger partial charge in [0.15, 0.2) is 0 Å². The summed E-state index contributed by atoms with van der Waals surface area (Å²) < 4.78 is 12.0. The lowest BCUT2D eigenvalue weighted by Gasteiger charge is -2.10. The molecule has 106 valence electrons. The Bertz CT molecular complexity index is 394. The van der Waals surface area contributed by atoms with Crippen LogP contribution in [-0.4, -0.2) is 26.9 Å². The van der Waals surface area contributed by atoms with E-state index < -0.39 is 0 Å². The predicted molar refractivity (Wildman–Crippen MR) is 80.6 cm³/mol. The van der Waals surface area contributed by atoms with Crippen molar-refractivity contribution in [1.29, 1.82) is 0 Å². The van der Waals surface area contributed by atoms with E-state index in [-0.39, 0.29) is 0 Å². The molecule has 0 bridgehead atoms. The highest BCUT2D eigenvalue weighted by atomic mass is 79.9. The van der Waals surface area contributed by atoms with Crippen molar-refractivity contribution < 1.29 is 9.47 Å². The van der Waals surface area contributed by atoms with Crippen LogP contribution in [0.2, 0.25) is 0 Å². The van der Waals surface area contributed by atoms with Gasteiger partial charge in [-0.1, -0.05) is 15.9 Å². The van der Waals surface area contributed by atoms with Crippen LogP contribution in [0.1, 0.15) is 24.8 Å². The van der Waals surface area contributed by atoms with Crippen molar-refractivity contribution in [3.8, 4) is 5.75 Å². The second kappa shape index (κ2) is 7.88. The van der Waals surface area contributed by atoms with Crippen LogP contribution >= 0.6 is 15.9 Å². The molecule has 0 saturated heterocycles. The molecular weight excluding hydrogens is 306 g/mol. The van der Waals surface area contributed by atoms with Crippen LogP contribution in [-0.2, 0) is 11.3 Å². The van der Waals surface area contributed by atoms with Gasteiger partial charge in [0.25, 0.3) is 0 Å². The van der Waals surface area contributed by atoms with Crippen LogP contribution in [0.25, 0.3) is 0 Å². The molecule has 1 saturated carbocycles. The number of nitrogens with one attached hydrogen (secondary N) is 1. The number of rotatable bonds is 9. The van der Waals surface area contributed by atoms with Crippen molar-refractivity contribution >= 4 is 15.9 Å². The summed E-state index contributed by atoms with van der Waals surface area (Å²) in [5.74, 6) is 1.79. The smallest absolute Gasteiger partial charge is 0.123 e. The van der Waals surface area contributed by atoms with E-state index in [4.69, 9.17) is 9.47 Å². The molecule has 0 radical (unpaired) electrons.